The first kappa shape index (κ1) is 7.06. The number of halogens is 1. The first-order valence-electron chi connectivity index (χ1n) is 3.36. The predicted molar refractivity (Wildman–Crippen MR) is 42.2 cm³/mol. The summed E-state index contributed by atoms with van der Waals surface area (Å²) in [6.07, 6.45) is 1.74. The van der Waals surface area contributed by atoms with Gasteiger partial charge in [-0.3, -0.25) is 4.98 Å². The molecule has 0 fully saturated rings. The molecular formula is C7H7FN2S. The molecule has 0 N–H and O–H groups in total. The highest BCUT2D eigenvalue weighted by molar-refractivity contribution is 7.91. The molecule has 58 valence electrons. The molecule has 0 bridgehead atoms. The maximum atomic E-state index is 12.1. The number of hydrogen-bond donors (Lipinski definition) is 0. The van der Waals surface area contributed by atoms with Gasteiger partial charge in [0.2, 0.25) is 0 Å². The quantitative estimate of drug-likeness (QED) is 0.599. The molecule has 0 aliphatic carbocycles. The van der Waals surface area contributed by atoms with Crippen LogP contribution in [0.1, 0.15) is 11.3 Å². The summed E-state index contributed by atoms with van der Waals surface area (Å²) < 4.78 is 13.7. The average Bonchev–Trinajstić information content (AvgIpc) is 2.46. The molecule has 0 saturated carbocycles. The van der Waals surface area contributed by atoms with Crippen molar-refractivity contribution in [2.24, 2.45) is 0 Å². The zero-order valence-corrected chi connectivity index (χ0v) is 6.64. The molecule has 0 atom stereocenters. The van der Waals surface area contributed by atoms with Crippen LogP contribution in [0, 0.1) is 0 Å². The summed E-state index contributed by atoms with van der Waals surface area (Å²) in [4.78, 5) is 4.14. The van der Waals surface area contributed by atoms with E-state index >= 15 is 0 Å². The molecule has 0 aromatic carbocycles. The number of hydrogen-bond acceptors (Lipinski definition) is 3. The predicted octanol–water partition coefficient (Wildman–Crippen LogP) is 1.93. The molecule has 0 spiro atoms. The van der Waals surface area contributed by atoms with Crippen LogP contribution >= 0.6 is 12.3 Å². The van der Waals surface area contributed by atoms with E-state index in [2.05, 4.69) is 4.98 Å². The first-order chi connectivity index (χ1) is 5.40. The Labute approximate surface area is 68.9 Å². The molecule has 1 aliphatic rings. The molecular weight excluding hydrogens is 163 g/mol. The van der Waals surface area contributed by atoms with E-state index < -0.39 is 0 Å². The average molecular weight is 170 g/mol. The standard InChI is InChI=1S/C7H7FN2S/c8-11-10-4-6-2-1-3-9-7(6)5-10/h1-3H,4-5H2. The summed E-state index contributed by atoms with van der Waals surface area (Å²) in [5, 5.41) is 0. The summed E-state index contributed by atoms with van der Waals surface area (Å²) >= 11 is 0.282. The lowest BCUT2D eigenvalue weighted by Crippen LogP contribution is -2.02. The zero-order chi connectivity index (χ0) is 7.68. The Balaban J connectivity index is 2.27. The third-order valence-electron chi connectivity index (χ3n) is 1.75. The highest BCUT2D eigenvalue weighted by Gasteiger charge is 2.19. The maximum absolute atomic E-state index is 12.1. The Kier molecular flexibility index (Phi) is 1.79. The van der Waals surface area contributed by atoms with E-state index in [9.17, 15) is 3.89 Å². The van der Waals surface area contributed by atoms with Crippen molar-refractivity contribution in [2.75, 3.05) is 0 Å². The van der Waals surface area contributed by atoms with Gasteiger partial charge in [0.25, 0.3) is 0 Å². The van der Waals surface area contributed by atoms with Gasteiger partial charge in [0, 0.05) is 12.7 Å². The first-order valence-corrected chi connectivity index (χ1v) is 4.04. The molecule has 11 heavy (non-hydrogen) atoms. The molecule has 2 nitrogen and oxygen atoms in total. The fraction of sp³-hybridized carbons (Fsp3) is 0.286. The highest BCUT2D eigenvalue weighted by Crippen LogP contribution is 2.26. The van der Waals surface area contributed by atoms with Crippen molar-refractivity contribution in [1.82, 2.24) is 9.29 Å². The van der Waals surface area contributed by atoms with Crippen molar-refractivity contribution in [3.63, 3.8) is 0 Å². The minimum absolute atomic E-state index is 0.282. The van der Waals surface area contributed by atoms with Crippen LogP contribution in [0.3, 0.4) is 0 Å². The largest absolute Gasteiger partial charge is 0.260 e. The maximum Gasteiger partial charge on any atom is 0.135 e. The number of nitrogens with zero attached hydrogens (tertiary/aromatic N) is 2. The van der Waals surface area contributed by atoms with Gasteiger partial charge in [-0.25, -0.2) is 4.31 Å². The van der Waals surface area contributed by atoms with E-state index in [1.54, 1.807) is 10.5 Å². The van der Waals surface area contributed by atoms with E-state index in [1.807, 2.05) is 12.1 Å². The summed E-state index contributed by atoms with van der Waals surface area (Å²) in [5.74, 6) is 0. The fourth-order valence-electron chi connectivity index (χ4n) is 1.22. The van der Waals surface area contributed by atoms with Crippen molar-refractivity contribution < 1.29 is 3.89 Å². The SMILES string of the molecule is FSN1Cc2cccnc2C1. The molecule has 0 unspecified atom stereocenters. The molecule has 2 heterocycles. The molecule has 0 radical (unpaired) electrons. The third kappa shape index (κ3) is 1.23. The molecule has 0 amide bonds. The van der Waals surface area contributed by atoms with Crippen molar-refractivity contribution >= 4 is 12.3 Å². The second-order valence-electron chi connectivity index (χ2n) is 2.48. The lowest BCUT2D eigenvalue weighted by atomic mass is 10.2. The summed E-state index contributed by atoms with van der Waals surface area (Å²) in [5.41, 5.74) is 2.13. The summed E-state index contributed by atoms with van der Waals surface area (Å²) in [6.45, 7) is 1.29. The molecule has 4 heteroatoms. The molecule has 2 rings (SSSR count). The number of pyridine rings is 1. The van der Waals surface area contributed by atoms with Crippen LogP contribution in [0.15, 0.2) is 18.3 Å². The van der Waals surface area contributed by atoms with Gasteiger partial charge in [-0.1, -0.05) is 6.07 Å². The van der Waals surface area contributed by atoms with Gasteiger partial charge in [-0.05, 0) is 11.6 Å². The lowest BCUT2D eigenvalue weighted by Gasteiger charge is -2.03. The van der Waals surface area contributed by atoms with Gasteiger partial charge in [0.15, 0.2) is 0 Å². The van der Waals surface area contributed by atoms with Crippen molar-refractivity contribution in [3.8, 4) is 0 Å². The van der Waals surface area contributed by atoms with Crippen LogP contribution < -0.4 is 0 Å². The normalized spacial score (nSPS) is 16.8. The Hall–Kier alpha value is -0.610. The van der Waals surface area contributed by atoms with Crippen LogP contribution in [-0.2, 0) is 13.1 Å². The van der Waals surface area contributed by atoms with Crippen LogP contribution in [0.5, 0.6) is 0 Å². The summed E-state index contributed by atoms with van der Waals surface area (Å²) in [7, 11) is 0. The minimum atomic E-state index is 0.282. The van der Waals surface area contributed by atoms with Gasteiger partial charge >= 0.3 is 0 Å². The van der Waals surface area contributed by atoms with E-state index in [-0.39, 0.29) is 12.3 Å². The number of fused-ring (bicyclic) bond motifs is 1. The van der Waals surface area contributed by atoms with E-state index in [0.717, 1.165) is 11.3 Å². The van der Waals surface area contributed by atoms with Crippen LogP contribution in [0.2, 0.25) is 0 Å². The van der Waals surface area contributed by atoms with Gasteiger partial charge in [0.1, 0.15) is 12.3 Å². The smallest absolute Gasteiger partial charge is 0.135 e. The third-order valence-corrected chi connectivity index (χ3v) is 2.21. The molecule has 1 aromatic heterocycles. The Morgan fingerprint density at radius 1 is 1.55 bits per heavy atom. The highest BCUT2D eigenvalue weighted by atomic mass is 32.2. The molecule has 0 saturated heterocycles. The van der Waals surface area contributed by atoms with Crippen LogP contribution in [0.4, 0.5) is 3.89 Å². The number of aromatic nitrogens is 1. The Morgan fingerprint density at radius 2 is 2.45 bits per heavy atom. The molecule has 1 aromatic rings. The van der Waals surface area contributed by atoms with E-state index in [0.29, 0.717) is 13.1 Å². The second kappa shape index (κ2) is 2.79. The van der Waals surface area contributed by atoms with Gasteiger partial charge in [0.05, 0.1) is 12.2 Å². The van der Waals surface area contributed by atoms with Crippen molar-refractivity contribution in [1.29, 1.82) is 0 Å². The van der Waals surface area contributed by atoms with E-state index in [4.69, 9.17) is 0 Å². The van der Waals surface area contributed by atoms with Gasteiger partial charge < -0.3 is 0 Å². The van der Waals surface area contributed by atoms with Crippen LogP contribution in [0.25, 0.3) is 0 Å². The second-order valence-corrected chi connectivity index (χ2v) is 3.13. The van der Waals surface area contributed by atoms with E-state index in [1.165, 1.54) is 0 Å². The lowest BCUT2D eigenvalue weighted by molar-refractivity contribution is 0.489. The topological polar surface area (TPSA) is 16.1 Å². The molecule has 1 aliphatic heterocycles. The van der Waals surface area contributed by atoms with Crippen molar-refractivity contribution in [2.45, 2.75) is 13.1 Å². The van der Waals surface area contributed by atoms with Crippen LogP contribution in [-0.4, -0.2) is 9.29 Å². The zero-order valence-electron chi connectivity index (χ0n) is 5.83. The fourth-order valence-corrected chi connectivity index (χ4v) is 1.58. The Morgan fingerprint density at radius 3 is 3.18 bits per heavy atom. The van der Waals surface area contributed by atoms with Gasteiger partial charge in [-0.2, -0.15) is 0 Å². The minimum Gasteiger partial charge on any atom is -0.260 e. The van der Waals surface area contributed by atoms with Crippen molar-refractivity contribution in [3.05, 3.63) is 29.6 Å². The van der Waals surface area contributed by atoms with Gasteiger partial charge in [-0.15, -0.1) is 3.89 Å². The Bertz CT molecular complexity index is 241. The number of rotatable bonds is 1. The summed E-state index contributed by atoms with van der Waals surface area (Å²) in [6, 6.07) is 3.86. The monoisotopic (exact) mass is 170 g/mol.